The van der Waals surface area contributed by atoms with Crippen molar-refractivity contribution in [3.8, 4) is 11.5 Å². The van der Waals surface area contributed by atoms with E-state index in [0.29, 0.717) is 25.4 Å². The Morgan fingerprint density at radius 3 is 2.30 bits per heavy atom. The van der Waals surface area contributed by atoms with Gasteiger partial charge in [0.15, 0.2) is 0 Å². The van der Waals surface area contributed by atoms with Gasteiger partial charge in [-0.25, -0.2) is 4.79 Å². The molecule has 0 fully saturated rings. The quantitative estimate of drug-likeness (QED) is 0.231. The van der Waals surface area contributed by atoms with Gasteiger partial charge in [0.25, 0.3) is 0 Å². The molecule has 162 valence electrons. The third kappa shape index (κ3) is 8.16. The summed E-state index contributed by atoms with van der Waals surface area (Å²) in [5.74, 6) is 0.605. The van der Waals surface area contributed by atoms with Gasteiger partial charge < -0.3 is 18.4 Å². The highest BCUT2D eigenvalue weighted by Gasteiger charge is 2.11. The Balaban J connectivity index is 1.94. The first-order valence-corrected chi connectivity index (χ1v) is 11.3. The highest BCUT2D eigenvalue weighted by molar-refractivity contribution is 7.86. The lowest BCUT2D eigenvalue weighted by atomic mass is 10.1. The molecule has 0 aliphatic rings. The Morgan fingerprint density at radius 1 is 0.967 bits per heavy atom. The summed E-state index contributed by atoms with van der Waals surface area (Å²) in [5.41, 5.74) is 1.68. The Labute approximate surface area is 177 Å². The number of esters is 1. The first kappa shape index (κ1) is 23.3. The van der Waals surface area contributed by atoms with Crippen molar-refractivity contribution in [2.24, 2.45) is 0 Å². The van der Waals surface area contributed by atoms with Gasteiger partial charge in [-0.1, -0.05) is 24.3 Å². The van der Waals surface area contributed by atoms with Crippen molar-refractivity contribution in [3.63, 3.8) is 0 Å². The van der Waals surface area contributed by atoms with Gasteiger partial charge in [0.1, 0.15) is 11.5 Å². The van der Waals surface area contributed by atoms with Crippen molar-refractivity contribution >= 4 is 22.2 Å². The van der Waals surface area contributed by atoms with Gasteiger partial charge in [-0.15, -0.1) is 0 Å². The highest BCUT2D eigenvalue weighted by Crippen LogP contribution is 2.18. The molecule has 0 aromatic heterocycles. The van der Waals surface area contributed by atoms with Crippen LogP contribution in [0.3, 0.4) is 0 Å². The van der Waals surface area contributed by atoms with E-state index in [4.69, 9.17) is 18.4 Å². The van der Waals surface area contributed by atoms with Crippen molar-refractivity contribution in [2.75, 3.05) is 26.1 Å². The lowest BCUT2D eigenvalue weighted by Crippen LogP contribution is -2.10. The summed E-state index contributed by atoms with van der Waals surface area (Å²) in [6, 6.07) is 14.1. The third-order valence-electron chi connectivity index (χ3n) is 3.76. The van der Waals surface area contributed by atoms with Gasteiger partial charge in [-0.3, -0.25) is 0 Å². The summed E-state index contributed by atoms with van der Waals surface area (Å²) in [5, 5.41) is 0. The maximum Gasteiger partial charge on any atom is 0.373 e. The van der Waals surface area contributed by atoms with E-state index in [1.165, 1.54) is 0 Å². The molecule has 0 amide bonds. The highest BCUT2D eigenvalue weighted by atomic mass is 32.2. The summed E-state index contributed by atoms with van der Waals surface area (Å²) >= 11 is 0. The number of rotatable bonds is 11. The van der Waals surface area contributed by atoms with Crippen LogP contribution in [0.5, 0.6) is 11.5 Å². The normalized spacial score (nSPS) is 11.6. The molecule has 0 spiro atoms. The van der Waals surface area contributed by atoms with E-state index in [0.717, 1.165) is 17.4 Å². The first-order valence-electron chi connectivity index (χ1n) is 9.53. The molecule has 0 N–H and O–H groups in total. The van der Waals surface area contributed by atoms with E-state index in [2.05, 4.69) is 0 Å². The number of ether oxygens (including phenoxy) is 3. The molecule has 0 aliphatic carbocycles. The van der Waals surface area contributed by atoms with Gasteiger partial charge in [-0.2, -0.15) is 8.42 Å². The van der Waals surface area contributed by atoms with Gasteiger partial charge in [-0.05, 0) is 55.3 Å². The molecule has 0 bridgehead atoms. The molecule has 2 rings (SSSR count). The van der Waals surface area contributed by atoms with Crippen LogP contribution >= 0.6 is 0 Å². The molecule has 7 nitrogen and oxygen atoms in total. The fourth-order valence-electron chi connectivity index (χ4n) is 2.54. The molecule has 0 aliphatic heterocycles. The monoisotopic (exact) mass is 434 g/mol. The van der Waals surface area contributed by atoms with E-state index in [9.17, 15) is 13.2 Å². The number of carbonyl (C=O) groups excluding carboxylic acids is 1. The van der Waals surface area contributed by atoms with Crippen molar-refractivity contribution in [3.05, 3.63) is 65.4 Å². The lowest BCUT2D eigenvalue weighted by Gasteiger charge is -2.09. The summed E-state index contributed by atoms with van der Waals surface area (Å²) in [4.78, 5) is 11.9. The van der Waals surface area contributed by atoms with Crippen molar-refractivity contribution in [2.45, 2.75) is 20.3 Å². The minimum absolute atomic E-state index is 0.157. The second-order valence-electron chi connectivity index (χ2n) is 6.26. The number of carbonyl (C=O) groups is 1. The van der Waals surface area contributed by atoms with Crippen LogP contribution < -0.4 is 8.92 Å². The van der Waals surface area contributed by atoms with Crippen molar-refractivity contribution < 1.29 is 31.6 Å². The average Bonchev–Trinajstić information content (AvgIpc) is 2.68. The molecule has 0 saturated carbocycles. The molecule has 0 heterocycles. The number of hydrogen-bond acceptors (Lipinski definition) is 7. The zero-order valence-corrected chi connectivity index (χ0v) is 18.1. The molecule has 2 aromatic carbocycles. The van der Waals surface area contributed by atoms with Gasteiger partial charge >= 0.3 is 16.1 Å². The van der Waals surface area contributed by atoms with Crippen molar-refractivity contribution in [1.82, 2.24) is 0 Å². The molecule has 8 heteroatoms. The average molecular weight is 435 g/mol. The van der Waals surface area contributed by atoms with E-state index in [1.54, 1.807) is 50.3 Å². The Bertz CT molecular complexity index is 963. The van der Waals surface area contributed by atoms with E-state index < -0.39 is 16.1 Å². The minimum atomic E-state index is -3.56. The molecule has 0 atom stereocenters. The van der Waals surface area contributed by atoms with Crippen LogP contribution in [-0.4, -0.2) is 40.5 Å². The van der Waals surface area contributed by atoms with Gasteiger partial charge in [0.2, 0.25) is 5.76 Å². The fourth-order valence-corrected chi connectivity index (χ4v) is 3.00. The van der Waals surface area contributed by atoms with Crippen LogP contribution in [-0.2, 0) is 30.8 Å². The van der Waals surface area contributed by atoms with Crippen LogP contribution in [0.4, 0.5) is 0 Å². The van der Waals surface area contributed by atoms with Crippen LogP contribution in [0.15, 0.2) is 54.3 Å². The smallest absolute Gasteiger partial charge is 0.373 e. The van der Waals surface area contributed by atoms with E-state index in [-0.39, 0.29) is 18.1 Å². The van der Waals surface area contributed by atoms with Crippen LogP contribution in [0.1, 0.15) is 25.0 Å². The molecular formula is C22H26O7S. The number of hydrogen-bond donors (Lipinski definition) is 0. The Morgan fingerprint density at radius 2 is 1.67 bits per heavy atom. The second-order valence-corrected chi connectivity index (χ2v) is 7.84. The third-order valence-corrected chi connectivity index (χ3v) is 4.26. The van der Waals surface area contributed by atoms with Crippen LogP contribution in [0, 0.1) is 0 Å². The zero-order valence-electron chi connectivity index (χ0n) is 17.3. The predicted octanol–water partition coefficient (Wildman–Crippen LogP) is 3.59. The summed E-state index contributed by atoms with van der Waals surface area (Å²) < 4.78 is 43.4. The first-order chi connectivity index (χ1) is 14.3. The standard InChI is InChI=1S/C22H26O7S/c1-4-26-21(22(23)27-5-2)16-18-9-11-19(12-10-18)28-14-13-17-7-6-8-20(15-17)29-30(3,24)25/h6-12,15-16H,4-5,13-14H2,1-3H3. The summed E-state index contributed by atoms with van der Waals surface area (Å²) in [6.07, 6.45) is 3.21. The largest absolute Gasteiger partial charge is 0.493 e. The Kier molecular flexibility index (Phi) is 8.73. The van der Waals surface area contributed by atoms with Crippen LogP contribution in [0.2, 0.25) is 0 Å². The van der Waals surface area contributed by atoms with E-state index in [1.807, 2.05) is 18.2 Å². The topological polar surface area (TPSA) is 88.1 Å². The van der Waals surface area contributed by atoms with Crippen LogP contribution in [0.25, 0.3) is 6.08 Å². The second kappa shape index (κ2) is 11.3. The maximum atomic E-state index is 11.9. The molecule has 0 saturated heterocycles. The minimum Gasteiger partial charge on any atom is -0.493 e. The van der Waals surface area contributed by atoms with Gasteiger partial charge in [0, 0.05) is 6.42 Å². The SMILES string of the molecule is CCOC(=O)C(=Cc1ccc(OCCc2cccc(OS(C)(=O)=O)c2)cc1)OCC. The fraction of sp³-hybridized carbons (Fsp3) is 0.318. The number of benzene rings is 2. The molecule has 0 radical (unpaired) electrons. The predicted molar refractivity (Wildman–Crippen MR) is 114 cm³/mol. The van der Waals surface area contributed by atoms with E-state index >= 15 is 0 Å². The maximum absolute atomic E-state index is 11.9. The lowest BCUT2D eigenvalue weighted by molar-refractivity contribution is -0.142. The van der Waals surface area contributed by atoms with Gasteiger partial charge in [0.05, 0.1) is 26.1 Å². The Hall–Kier alpha value is -3.00. The molecular weight excluding hydrogens is 408 g/mol. The van der Waals surface area contributed by atoms with Crippen molar-refractivity contribution in [1.29, 1.82) is 0 Å². The molecule has 30 heavy (non-hydrogen) atoms. The summed E-state index contributed by atoms with van der Waals surface area (Å²) in [6.45, 7) is 4.59. The zero-order chi connectivity index (χ0) is 22.0. The molecule has 0 unspecified atom stereocenters. The summed E-state index contributed by atoms with van der Waals surface area (Å²) in [7, 11) is -3.56. The molecule has 2 aromatic rings.